The SMILES string of the molecule is COc1cc(C)ccc1-c1noc(-c2nc(N)n[nH]2)n1. The lowest BCUT2D eigenvalue weighted by molar-refractivity contribution is 0.413. The summed E-state index contributed by atoms with van der Waals surface area (Å²) in [4.78, 5) is 8.18. The van der Waals surface area contributed by atoms with Gasteiger partial charge in [-0.05, 0) is 24.6 Å². The van der Waals surface area contributed by atoms with Crippen LogP contribution in [0.25, 0.3) is 23.1 Å². The fourth-order valence-corrected chi connectivity index (χ4v) is 1.78. The number of aromatic nitrogens is 5. The Balaban J connectivity index is 2.02. The van der Waals surface area contributed by atoms with Gasteiger partial charge in [-0.1, -0.05) is 11.2 Å². The van der Waals surface area contributed by atoms with Crippen molar-refractivity contribution in [1.82, 2.24) is 25.3 Å². The second kappa shape index (κ2) is 4.65. The number of nitrogens with two attached hydrogens (primary N) is 1. The van der Waals surface area contributed by atoms with Gasteiger partial charge < -0.3 is 15.0 Å². The van der Waals surface area contributed by atoms with Crippen LogP contribution in [0.2, 0.25) is 0 Å². The molecule has 0 aliphatic rings. The van der Waals surface area contributed by atoms with Gasteiger partial charge >= 0.3 is 0 Å². The van der Waals surface area contributed by atoms with Crippen molar-refractivity contribution in [3.05, 3.63) is 23.8 Å². The molecule has 20 heavy (non-hydrogen) atoms. The number of nitrogen functional groups attached to an aromatic ring is 1. The molecule has 2 aromatic heterocycles. The van der Waals surface area contributed by atoms with Crippen molar-refractivity contribution in [1.29, 1.82) is 0 Å². The molecule has 0 aliphatic carbocycles. The molecule has 8 heteroatoms. The maximum absolute atomic E-state index is 5.43. The summed E-state index contributed by atoms with van der Waals surface area (Å²) in [6.07, 6.45) is 0. The molecular weight excluding hydrogens is 260 g/mol. The molecule has 1 aromatic carbocycles. The Kier molecular flexibility index (Phi) is 2.82. The van der Waals surface area contributed by atoms with E-state index in [1.54, 1.807) is 7.11 Å². The summed E-state index contributed by atoms with van der Waals surface area (Å²) in [5, 5.41) is 10.2. The Morgan fingerprint density at radius 3 is 2.85 bits per heavy atom. The molecule has 0 amide bonds. The van der Waals surface area contributed by atoms with E-state index in [1.165, 1.54) is 0 Å². The third-order valence-corrected chi connectivity index (χ3v) is 2.73. The van der Waals surface area contributed by atoms with Gasteiger partial charge in [-0.2, -0.15) is 9.97 Å². The normalized spacial score (nSPS) is 10.7. The van der Waals surface area contributed by atoms with E-state index in [0.717, 1.165) is 11.1 Å². The molecule has 0 unspecified atom stereocenters. The van der Waals surface area contributed by atoms with Gasteiger partial charge in [0.15, 0.2) is 0 Å². The second-order valence-corrected chi connectivity index (χ2v) is 4.17. The molecular formula is C12H12N6O2. The van der Waals surface area contributed by atoms with E-state index >= 15 is 0 Å². The number of nitrogens with zero attached hydrogens (tertiary/aromatic N) is 4. The lowest BCUT2D eigenvalue weighted by Gasteiger charge is -2.05. The van der Waals surface area contributed by atoms with Gasteiger partial charge in [-0.15, -0.1) is 5.10 Å². The van der Waals surface area contributed by atoms with Crippen LogP contribution < -0.4 is 10.5 Å². The van der Waals surface area contributed by atoms with Crippen molar-refractivity contribution in [2.24, 2.45) is 0 Å². The molecule has 8 nitrogen and oxygen atoms in total. The van der Waals surface area contributed by atoms with Crippen LogP contribution in [0.3, 0.4) is 0 Å². The van der Waals surface area contributed by atoms with Crippen molar-refractivity contribution in [3.8, 4) is 28.9 Å². The molecule has 0 saturated heterocycles. The Labute approximate surface area is 114 Å². The van der Waals surface area contributed by atoms with E-state index in [2.05, 4.69) is 25.3 Å². The lowest BCUT2D eigenvalue weighted by Crippen LogP contribution is -1.90. The van der Waals surface area contributed by atoms with Crippen LogP contribution in [0.15, 0.2) is 22.7 Å². The zero-order chi connectivity index (χ0) is 14.1. The molecule has 0 atom stereocenters. The monoisotopic (exact) mass is 272 g/mol. The maximum atomic E-state index is 5.43. The average molecular weight is 272 g/mol. The molecule has 2 heterocycles. The Bertz CT molecular complexity index is 748. The molecule has 0 saturated carbocycles. The minimum atomic E-state index is 0.118. The number of ether oxygens (including phenoxy) is 1. The van der Waals surface area contributed by atoms with Crippen LogP contribution in [0.1, 0.15) is 5.56 Å². The fraction of sp³-hybridized carbons (Fsp3) is 0.167. The van der Waals surface area contributed by atoms with Gasteiger partial charge in [0.2, 0.25) is 17.6 Å². The molecule has 0 bridgehead atoms. The summed E-state index contributed by atoms with van der Waals surface area (Å²) in [7, 11) is 1.59. The number of nitrogens with one attached hydrogen (secondary N) is 1. The van der Waals surface area contributed by atoms with Gasteiger partial charge in [0.05, 0.1) is 12.7 Å². The summed E-state index contributed by atoms with van der Waals surface area (Å²) < 4.78 is 10.5. The highest BCUT2D eigenvalue weighted by molar-refractivity contribution is 5.65. The lowest BCUT2D eigenvalue weighted by atomic mass is 10.1. The quantitative estimate of drug-likeness (QED) is 0.740. The van der Waals surface area contributed by atoms with Crippen molar-refractivity contribution in [3.63, 3.8) is 0 Å². The summed E-state index contributed by atoms with van der Waals surface area (Å²) in [5.41, 5.74) is 7.25. The smallest absolute Gasteiger partial charge is 0.295 e. The van der Waals surface area contributed by atoms with Gasteiger partial charge in [0.25, 0.3) is 5.89 Å². The zero-order valence-electron chi connectivity index (χ0n) is 10.9. The van der Waals surface area contributed by atoms with Crippen LogP contribution in [-0.4, -0.2) is 32.4 Å². The van der Waals surface area contributed by atoms with Crippen LogP contribution in [0, 0.1) is 6.92 Å². The number of benzene rings is 1. The molecule has 0 radical (unpaired) electrons. The highest BCUT2D eigenvalue weighted by atomic mass is 16.5. The van der Waals surface area contributed by atoms with Crippen molar-refractivity contribution in [2.75, 3.05) is 12.8 Å². The predicted octanol–water partition coefficient (Wildman–Crippen LogP) is 1.42. The van der Waals surface area contributed by atoms with E-state index in [1.807, 2.05) is 25.1 Å². The molecule has 0 spiro atoms. The molecule has 0 fully saturated rings. The molecule has 3 rings (SSSR count). The number of rotatable bonds is 3. The van der Waals surface area contributed by atoms with Crippen LogP contribution in [0.5, 0.6) is 5.75 Å². The number of hydrogen-bond donors (Lipinski definition) is 2. The van der Waals surface area contributed by atoms with Gasteiger partial charge in [-0.25, -0.2) is 0 Å². The second-order valence-electron chi connectivity index (χ2n) is 4.17. The van der Waals surface area contributed by atoms with Crippen LogP contribution >= 0.6 is 0 Å². The number of aryl methyl sites for hydroxylation is 1. The average Bonchev–Trinajstić information content (AvgIpc) is 3.07. The van der Waals surface area contributed by atoms with E-state index < -0.39 is 0 Å². The first-order valence-corrected chi connectivity index (χ1v) is 5.84. The molecule has 0 aliphatic heterocycles. The predicted molar refractivity (Wildman–Crippen MR) is 70.8 cm³/mol. The first kappa shape index (κ1) is 12.2. The van der Waals surface area contributed by atoms with Gasteiger partial charge in [-0.3, -0.25) is 5.10 Å². The first-order chi connectivity index (χ1) is 9.67. The van der Waals surface area contributed by atoms with E-state index in [9.17, 15) is 0 Å². The van der Waals surface area contributed by atoms with E-state index in [4.69, 9.17) is 15.0 Å². The number of aromatic amines is 1. The van der Waals surface area contributed by atoms with Crippen LogP contribution in [0.4, 0.5) is 5.95 Å². The third-order valence-electron chi connectivity index (χ3n) is 2.73. The van der Waals surface area contributed by atoms with Crippen LogP contribution in [-0.2, 0) is 0 Å². The largest absolute Gasteiger partial charge is 0.496 e. The number of methoxy groups -OCH3 is 1. The number of H-pyrrole nitrogens is 1. The minimum absolute atomic E-state index is 0.118. The molecule has 3 N–H and O–H groups in total. The van der Waals surface area contributed by atoms with Crippen molar-refractivity contribution >= 4 is 5.95 Å². The molecule has 102 valence electrons. The fourth-order valence-electron chi connectivity index (χ4n) is 1.78. The molecule has 3 aromatic rings. The number of anilines is 1. The third kappa shape index (κ3) is 2.07. The Hall–Kier alpha value is -2.90. The van der Waals surface area contributed by atoms with Gasteiger partial charge in [0, 0.05) is 0 Å². The van der Waals surface area contributed by atoms with Crippen molar-refractivity contribution in [2.45, 2.75) is 6.92 Å². The summed E-state index contributed by atoms with van der Waals surface area (Å²) in [6, 6.07) is 5.72. The zero-order valence-corrected chi connectivity index (χ0v) is 10.9. The maximum Gasteiger partial charge on any atom is 0.295 e. The van der Waals surface area contributed by atoms with Gasteiger partial charge in [0.1, 0.15) is 5.75 Å². The van der Waals surface area contributed by atoms with E-state index in [0.29, 0.717) is 17.4 Å². The summed E-state index contributed by atoms with van der Waals surface area (Å²) in [6.45, 7) is 1.98. The standard InChI is InChI=1S/C12H12N6O2/c1-6-3-4-7(8(5-6)19-2)9-14-11(20-18-9)10-15-12(13)17-16-10/h3-5H,1-2H3,(H3,13,15,16,17). The highest BCUT2D eigenvalue weighted by Crippen LogP contribution is 2.29. The first-order valence-electron chi connectivity index (χ1n) is 5.84. The minimum Gasteiger partial charge on any atom is -0.496 e. The Morgan fingerprint density at radius 2 is 2.15 bits per heavy atom. The summed E-state index contributed by atoms with van der Waals surface area (Å²) >= 11 is 0. The topological polar surface area (TPSA) is 116 Å². The summed E-state index contributed by atoms with van der Waals surface area (Å²) in [5.74, 6) is 1.74. The highest BCUT2D eigenvalue weighted by Gasteiger charge is 2.16. The number of hydrogen-bond acceptors (Lipinski definition) is 7. The van der Waals surface area contributed by atoms with Crippen molar-refractivity contribution < 1.29 is 9.26 Å². The Morgan fingerprint density at radius 1 is 1.30 bits per heavy atom. The van der Waals surface area contributed by atoms with E-state index in [-0.39, 0.29) is 11.8 Å².